The molecule has 0 N–H and O–H groups in total. The van der Waals surface area contributed by atoms with E-state index in [2.05, 4.69) is 29.1 Å². The highest BCUT2D eigenvalue weighted by molar-refractivity contribution is 5.94. The van der Waals surface area contributed by atoms with Gasteiger partial charge in [-0.15, -0.1) is 0 Å². The Morgan fingerprint density at radius 3 is 2.96 bits per heavy atom. The molecule has 1 atom stereocenters. The van der Waals surface area contributed by atoms with E-state index in [1.807, 2.05) is 23.4 Å². The number of ether oxygens (including phenoxy) is 1. The molecule has 5 nitrogen and oxygen atoms in total. The number of hydrogen-bond acceptors (Lipinski definition) is 4. The first kappa shape index (κ1) is 18.6. The van der Waals surface area contributed by atoms with Gasteiger partial charge < -0.3 is 14.5 Å². The van der Waals surface area contributed by atoms with Crippen LogP contribution in [-0.4, -0.2) is 59.6 Å². The van der Waals surface area contributed by atoms with Gasteiger partial charge in [0, 0.05) is 31.1 Å². The van der Waals surface area contributed by atoms with Crippen molar-refractivity contribution in [3.8, 4) is 0 Å². The van der Waals surface area contributed by atoms with Crippen molar-refractivity contribution in [3.63, 3.8) is 0 Å². The molecule has 5 heteroatoms. The van der Waals surface area contributed by atoms with Gasteiger partial charge in [0.1, 0.15) is 5.60 Å². The van der Waals surface area contributed by atoms with Gasteiger partial charge in [-0.3, -0.25) is 9.78 Å². The van der Waals surface area contributed by atoms with Crippen molar-refractivity contribution in [3.05, 3.63) is 41.7 Å². The molecule has 0 saturated carbocycles. The van der Waals surface area contributed by atoms with Crippen LogP contribution >= 0.6 is 0 Å². The van der Waals surface area contributed by atoms with Crippen LogP contribution in [0.3, 0.4) is 0 Å². The molecule has 0 bridgehead atoms. The van der Waals surface area contributed by atoms with Crippen LogP contribution in [0.5, 0.6) is 0 Å². The van der Waals surface area contributed by atoms with Gasteiger partial charge in [0.25, 0.3) is 0 Å². The molecule has 146 valence electrons. The summed E-state index contributed by atoms with van der Waals surface area (Å²) in [6, 6.07) is 4.11. The number of pyridine rings is 1. The fraction of sp³-hybridized carbons (Fsp3) is 0.636. The van der Waals surface area contributed by atoms with Gasteiger partial charge in [0.15, 0.2) is 0 Å². The Hall–Kier alpha value is -1.72. The molecule has 1 aromatic rings. The summed E-state index contributed by atoms with van der Waals surface area (Å²) in [6.07, 6.45) is 12.5. The monoisotopic (exact) mass is 369 g/mol. The molecule has 1 amide bonds. The van der Waals surface area contributed by atoms with Gasteiger partial charge in [0.05, 0.1) is 19.7 Å². The zero-order chi connectivity index (χ0) is 18.7. The van der Waals surface area contributed by atoms with Gasteiger partial charge in [-0.05, 0) is 63.1 Å². The Bertz CT molecular complexity index is 672. The number of amides is 1. The zero-order valence-electron chi connectivity index (χ0n) is 16.4. The maximum absolute atomic E-state index is 12.6. The van der Waals surface area contributed by atoms with Crippen molar-refractivity contribution in [2.24, 2.45) is 5.92 Å². The third kappa shape index (κ3) is 4.41. The normalized spacial score (nSPS) is 24.6. The molecule has 1 spiro atoms. The van der Waals surface area contributed by atoms with E-state index < -0.39 is 0 Å². The van der Waals surface area contributed by atoms with E-state index in [0.717, 1.165) is 64.0 Å². The van der Waals surface area contributed by atoms with Crippen LogP contribution in [0.15, 0.2) is 36.2 Å². The van der Waals surface area contributed by atoms with Crippen LogP contribution in [0.25, 0.3) is 0 Å². The number of carbonyl (C=O) groups is 1. The Labute approximate surface area is 162 Å². The number of allylic oxidation sites excluding steroid dienone is 1. The number of rotatable bonds is 5. The molecule has 0 aromatic carbocycles. The fourth-order valence-corrected chi connectivity index (χ4v) is 4.65. The highest BCUT2D eigenvalue weighted by atomic mass is 16.5. The van der Waals surface area contributed by atoms with Crippen molar-refractivity contribution in [1.29, 1.82) is 0 Å². The van der Waals surface area contributed by atoms with Crippen LogP contribution in [0.1, 0.15) is 44.1 Å². The molecule has 2 aliphatic heterocycles. The summed E-state index contributed by atoms with van der Waals surface area (Å²) in [6.45, 7) is 4.33. The number of carbonyl (C=O) groups excluding carboxylic acids is 1. The molecule has 2 fully saturated rings. The first-order valence-electron chi connectivity index (χ1n) is 10.3. The summed E-state index contributed by atoms with van der Waals surface area (Å²) in [5.74, 6) is 0.824. The van der Waals surface area contributed by atoms with Crippen molar-refractivity contribution in [2.45, 2.75) is 50.7 Å². The predicted octanol–water partition coefficient (Wildman–Crippen LogP) is 3.02. The summed E-state index contributed by atoms with van der Waals surface area (Å²) in [4.78, 5) is 21.1. The van der Waals surface area contributed by atoms with Crippen LogP contribution < -0.4 is 0 Å². The van der Waals surface area contributed by atoms with Crippen molar-refractivity contribution >= 4 is 5.91 Å². The van der Waals surface area contributed by atoms with Crippen molar-refractivity contribution in [2.75, 3.05) is 33.3 Å². The molecule has 1 aliphatic carbocycles. The summed E-state index contributed by atoms with van der Waals surface area (Å²) < 4.78 is 6.28. The Balaban J connectivity index is 1.21. The average Bonchev–Trinajstić information content (AvgIpc) is 2.68. The van der Waals surface area contributed by atoms with Gasteiger partial charge >= 0.3 is 0 Å². The Morgan fingerprint density at radius 2 is 2.30 bits per heavy atom. The number of nitrogens with zero attached hydrogens (tertiary/aromatic N) is 3. The van der Waals surface area contributed by atoms with E-state index in [1.54, 1.807) is 0 Å². The lowest BCUT2D eigenvalue weighted by molar-refractivity contribution is -0.187. The molecule has 1 aromatic heterocycles. The maximum atomic E-state index is 12.6. The summed E-state index contributed by atoms with van der Waals surface area (Å²) in [5.41, 5.74) is 2.21. The molecule has 4 rings (SSSR count). The highest BCUT2D eigenvalue weighted by Gasteiger charge is 2.48. The third-order valence-electron chi connectivity index (χ3n) is 6.19. The first-order chi connectivity index (χ1) is 13.1. The van der Waals surface area contributed by atoms with Gasteiger partial charge in [-0.2, -0.15) is 0 Å². The summed E-state index contributed by atoms with van der Waals surface area (Å²) in [5, 5.41) is 0. The lowest BCUT2D eigenvalue weighted by Crippen LogP contribution is -2.66. The third-order valence-corrected chi connectivity index (χ3v) is 6.19. The van der Waals surface area contributed by atoms with Crippen LogP contribution in [0.2, 0.25) is 0 Å². The van der Waals surface area contributed by atoms with Crippen molar-refractivity contribution < 1.29 is 9.53 Å². The minimum absolute atomic E-state index is 0.0662. The second kappa shape index (κ2) is 8.11. The Morgan fingerprint density at radius 1 is 1.41 bits per heavy atom. The predicted molar refractivity (Wildman–Crippen MR) is 105 cm³/mol. The molecular formula is C22H31N3O2. The van der Waals surface area contributed by atoms with E-state index in [9.17, 15) is 4.79 Å². The van der Waals surface area contributed by atoms with E-state index >= 15 is 0 Å². The minimum Gasteiger partial charge on any atom is -0.371 e. The number of likely N-dealkylation sites (tertiary alicyclic amines) is 1. The summed E-state index contributed by atoms with van der Waals surface area (Å²) >= 11 is 0. The number of hydrogen-bond donors (Lipinski definition) is 0. The first-order valence-corrected chi connectivity index (χ1v) is 10.3. The lowest BCUT2D eigenvalue weighted by Gasteiger charge is -2.53. The van der Waals surface area contributed by atoms with Gasteiger partial charge in [-0.1, -0.05) is 12.1 Å². The standard InChI is InChI=1S/C22H31N3O2/c1-24(13-18-6-5-11-23-12-18)14-19-9-10-22(27-15-19)16-25(17-22)21(26)20-7-3-2-4-8-20/h5-7,11-12,19H,2-4,8-10,13-17H2,1H3. The van der Waals surface area contributed by atoms with E-state index in [1.165, 1.54) is 18.4 Å². The van der Waals surface area contributed by atoms with E-state index in [-0.39, 0.29) is 11.5 Å². The molecule has 0 radical (unpaired) electrons. The smallest absolute Gasteiger partial charge is 0.249 e. The lowest BCUT2D eigenvalue weighted by atomic mass is 9.82. The molecule has 1 unspecified atom stereocenters. The molecular weight excluding hydrogens is 338 g/mol. The molecule has 3 aliphatic rings. The van der Waals surface area contributed by atoms with Gasteiger partial charge in [0.2, 0.25) is 5.91 Å². The SMILES string of the molecule is CN(Cc1cccnc1)CC1CCC2(CN(C(=O)C3=CCCCC3)C2)OC1. The van der Waals surface area contributed by atoms with E-state index in [0.29, 0.717) is 5.92 Å². The van der Waals surface area contributed by atoms with E-state index in [4.69, 9.17) is 4.74 Å². The van der Waals surface area contributed by atoms with Gasteiger partial charge in [-0.25, -0.2) is 0 Å². The van der Waals surface area contributed by atoms with Crippen LogP contribution in [0.4, 0.5) is 0 Å². The topological polar surface area (TPSA) is 45.7 Å². The largest absolute Gasteiger partial charge is 0.371 e. The second-order valence-electron chi connectivity index (χ2n) is 8.59. The average molecular weight is 370 g/mol. The second-order valence-corrected chi connectivity index (χ2v) is 8.59. The van der Waals surface area contributed by atoms with Crippen LogP contribution in [-0.2, 0) is 16.1 Å². The zero-order valence-corrected chi connectivity index (χ0v) is 16.4. The minimum atomic E-state index is -0.0662. The Kier molecular flexibility index (Phi) is 5.60. The summed E-state index contributed by atoms with van der Waals surface area (Å²) in [7, 11) is 2.17. The number of aromatic nitrogens is 1. The molecule has 27 heavy (non-hydrogen) atoms. The van der Waals surface area contributed by atoms with Crippen LogP contribution in [0, 0.1) is 5.92 Å². The van der Waals surface area contributed by atoms with Crippen molar-refractivity contribution in [1.82, 2.24) is 14.8 Å². The maximum Gasteiger partial charge on any atom is 0.249 e. The molecule has 3 heterocycles. The highest BCUT2D eigenvalue weighted by Crippen LogP contribution is 2.37. The molecule has 2 saturated heterocycles. The quantitative estimate of drug-likeness (QED) is 0.800. The fourth-order valence-electron chi connectivity index (χ4n) is 4.65.